The first kappa shape index (κ1) is 12.6. The molecule has 5 heteroatoms. The van der Waals surface area contributed by atoms with E-state index in [2.05, 4.69) is 27.1 Å². The molecule has 17 heavy (non-hydrogen) atoms. The summed E-state index contributed by atoms with van der Waals surface area (Å²) in [5, 5.41) is 4.06. The monoisotopic (exact) mass is 254 g/mol. The van der Waals surface area contributed by atoms with Gasteiger partial charge < -0.3 is 10.2 Å². The first-order valence-corrected chi connectivity index (χ1v) is 6.60. The van der Waals surface area contributed by atoms with Gasteiger partial charge in [-0.15, -0.1) is 0 Å². The lowest BCUT2D eigenvalue weighted by atomic mass is 9.97. The van der Waals surface area contributed by atoms with E-state index >= 15 is 0 Å². The molecule has 1 aliphatic rings. The number of nitrogens with one attached hydrogen (secondary N) is 1. The quantitative estimate of drug-likeness (QED) is 0.892. The minimum atomic E-state index is 0.651. The summed E-state index contributed by atoms with van der Waals surface area (Å²) in [5.74, 6) is 1.66. The van der Waals surface area contributed by atoms with Crippen LogP contribution in [0.4, 0.5) is 5.82 Å². The highest BCUT2D eigenvalue weighted by Gasteiger charge is 2.21. The van der Waals surface area contributed by atoms with E-state index in [1.807, 2.05) is 0 Å². The molecule has 94 valence electrons. The smallest absolute Gasteiger partial charge is 0.150 e. The van der Waals surface area contributed by atoms with Gasteiger partial charge in [0.1, 0.15) is 11.3 Å². The molecule has 0 unspecified atom stereocenters. The fourth-order valence-corrected chi connectivity index (χ4v) is 2.46. The van der Waals surface area contributed by atoms with Crippen LogP contribution < -0.4 is 10.2 Å². The van der Waals surface area contributed by atoms with Crippen LogP contribution >= 0.6 is 11.6 Å². The number of hydrogen-bond donors (Lipinski definition) is 1. The predicted molar refractivity (Wildman–Crippen MR) is 70.5 cm³/mol. The standard InChI is InChI=1S/C12H19ClN4/c1-2-14-7-10-3-5-17(6-4-10)12-11(13)8-15-9-16-12/h8-10,14H,2-7H2,1H3. The van der Waals surface area contributed by atoms with Crippen LogP contribution in [0.25, 0.3) is 0 Å². The summed E-state index contributed by atoms with van der Waals surface area (Å²) in [7, 11) is 0. The van der Waals surface area contributed by atoms with E-state index in [4.69, 9.17) is 11.6 Å². The molecule has 0 radical (unpaired) electrons. The molecule has 1 N–H and O–H groups in total. The van der Waals surface area contributed by atoms with Crippen molar-refractivity contribution in [3.05, 3.63) is 17.5 Å². The van der Waals surface area contributed by atoms with Gasteiger partial charge in [-0.2, -0.15) is 0 Å². The molecular weight excluding hydrogens is 236 g/mol. The molecule has 0 aliphatic carbocycles. The molecule has 0 bridgehead atoms. The van der Waals surface area contributed by atoms with E-state index in [9.17, 15) is 0 Å². The van der Waals surface area contributed by atoms with Crippen LogP contribution in [-0.4, -0.2) is 36.1 Å². The molecule has 0 atom stereocenters. The number of anilines is 1. The molecular formula is C12H19ClN4. The van der Waals surface area contributed by atoms with Crippen LogP contribution in [0.2, 0.25) is 5.02 Å². The van der Waals surface area contributed by atoms with Crippen molar-refractivity contribution in [2.24, 2.45) is 5.92 Å². The Kier molecular flexibility index (Phi) is 4.57. The number of rotatable bonds is 4. The van der Waals surface area contributed by atoms with Crippen LogP contribution in [0, 0.1) is 5.92 Å². The third-order valence-corrected chi connectivity index (χ3v) is 3.51. The third-order valence-electron chi connectivity index (χ3n) is 3.25. The highest BCUT2D eigenvalue weighted by Crippen LogP contribution is 2.26. The van der Waals surface area contributed by atoms with Crippen molar-refractivity contribution in [1.29, 1.82) is 0 Å². The fourth-order valence-electron chi connectivity index (χ4n) is 2.24. The number of piperidine rings is 1. The lowest BCUT2D eigenvalue weighted by Gasteiger charge is -2.33. The van der Waals surface area contributed by atoms with E-state index < -0.39 is 0 Å². The molecule has 1 aromatic rings. The third kappa shape index (κ3) is 3.30. The Morgan fingerprint density at radius 1 is 1.47 bits per heavy atom. The summed E-state index contributed by atoms with van der Waals surface area (Å²) in [6, 6.07) is 0. The predicted octanol–water partition coefficient (Wildman–Crippen LogP) is 1.96. The Morgan fingerprint density at radius 3 is 2.88 bits per heavy atom. The maximum Gasteiger partial charge on any atom is 0.150 e. The van der Waals surface area contributed by atoms with Crippen molar-refractivity contribution >= 4 is 17.4 Å². The lowest BCUT2D eigenvalue weighted by molar-refractivity contribution is 0.385. The van der Waals surface area contributed by atoms with Gasteiger partial charge in [0.05, 0.1) is 6.20 Å². The van der Waals surface area contributed by atoms with E-state index in [1.165, 1.54) is 12.8 Å². The van der Waals surface area contributed by atoms with Crippen LogP contribution in [0.15, 0.2) is 12.5 Å². The first-order valence-electron chi connectivity index (χ1n) is 6.22. The second-order valence-corrected chi connectivity index (χ2v) is 4.84. The maximum atomic E-state index is 6.10. The van der Waals surface area contributed by atoms with Crippen molar-refractivity contribution in [1.82, 2.24) is 15.3 Å². The topological polar surface area (TPSA) is 41.0 Å². The molecule has 1 aromatic heterocycles. The highest BCUT2D eigenvalue weighted by atomic mass is 35.5. The summed E-state index contributed by atoms with van der Waals surface area (Å²) in [4.78, 5) is 10.4. The van der Waals surface area contributed by atoms with Crippen molar-refractivity contribution in [2.75, 3.05) is 31.1 Å². The molecule has 2 rings (SSSR count). The molecule has 4 nitrogen and oxygen atoms in total. The van der Waals surface area contributed by atoms with E-state index in [0.29, 0.717) is 5.02 Å². The van der Waals surface area contributed by atoms with Gasteiger partial charge in [0, 0.05) is 13.1 Å². The maximum absolute atomic E-state index is 6.10. The van der Waals surface area contributed by atoms with Gasteiger partial charge >= 0.3 is 0 Å². The summed E-state index contributed by atoms with van der Waals surface area (Å²) in [6.45, 7) is 6.40. The molecule has 0 saturated carbocycles. The SMILES string of the molecule is CCNCC1CCN(c2ncncc2Cl)CC1. The Morgan fingerprint density at radius 2 is 2.24 bits per heavy atom. The van der Waals surface area contributed by atoms with E-state index in [-0.39, 0.29) is 0 Å². The van der Waals surface area contributed by atoms with Crippen LogP contribution in [-0.2, 0) is 0 Å². The van der Waals surface area contributed by atoms with Crippen molar-refractivity contribution in [3.8, 4) is 0 Å². The number of nitrogens with zero attached hydrogens (tertiary/aromatic N) is 3. The Balaban J connectivity index is 1.89. The molecule has 2 heterocycles. The largest absolute Gasteiger partial charge is 0.355 e. The Hall–Kier alpha value is -0.870. The molecule has 0 spiro atoms. The Labute approximate surface area is 107 Å². The van der Waals surface area contributed by atoms with Crippen molar-refractivity contribution in [2.45, 2.75) is 19.8 Å². The summed E-state index contributed by atoms with van der Waals surface area (Å²) >= 11 is 6.10. The summed E-state index contributed by atoms with van der Waals surface area (Å²) < 4.78 is 0. The van der Waals surface area contributed by atoms with Gasteiger partial charge in [0.25, 0.3) is 0 Å². The zero-order chi connectivity index (χ0) is 12.1. The fraction of sp³-hybridized carbons (Fsp3) is 0.667. The van der Waals surface area contributed by atoms with Gasteiger partial charge in [-0.1, -0.05) is 18.5 Å². The molecule has 1 aliphatic heterocycles. The van der Waals surface area contributed by atoms with E-state index in [1.54, 1.807) is 12.5 Å². The number of halogens is 1. The molecule has 0 amide bonds. The summed E-state index contributed by atoms with van der Waals surface area (Å²) in [5.41, 5.74) is 0. The van der Waals surface area contributed by atoms with Gasteiger partial charge in [-0.05, 0) is 31.8 Å². The second kappa shape index (κ2) is 6.17. The second-order valence-electron chi connectivity index (χ2n) is 4.43. The van der Waals surface area contributed by atoms with E-state index in [0.717, 1.165) is 37.9 Å². The minimum Gasteiger partial charge on any atom is -0.355 e. The molecule has 1 saturated heterocycles. The zero-order valence-corrected chi connectivity index (χ0v) is 11.0. The van der Waals surface area contributed by atoms with Crippen LogP contribution in [0.3, 0.4) is 0 Å². The summed E-state index contributed by atoms with van der Waals surface area (Å²) in [6.07, 6.45) is 5.63. The molecule has 0 aromatic carbocycles. The normalized spacial score (nSPS) is 17.4. The average molecular weight is 255 g/mol. The lowest BCUT2D eigenvalue weighted by Crippen LogP contribution is -2.37. The number of hydrogen-bond acceptors (Lipinski definition) is 4. The van der Waals surface area contributed by atoms with Crippen LogP contribution in [0.5, 0.6) is 0 Å². The van der Waals surface area contributed by atoms with Crippen LogP contribution in [0.1, 0.15) is 19.8 Å². The highest BCUT2D eigenvalue weighted by molar-refractivity contribution is 6.32. The minimum absolute atomic E-state index is 0.651. The first-order chi connectivity index (χ1) is 8.31. The van der Waals surface area contributed by atoms with Crippen molar-refractivity contribution in [3.63, 3.8) is 0 Å². The van der Waals surface area contributed by atoms with Gasteiger partial charge in [-0.3, -0.25) is 0 Å². The van der Waals surface area contributed by atoms with Gasteiger partial charge in [0.15, 0.2) is 5.82 Å². The zero-order valence-electron chi connectivity index (χ0n) is 10.2. The van der Waals surface area contributed by atoms with Gasteiger partial charge in [-0.25, -0.2) is 9.97 Å². The average Bonchev–Trinajstić information content (AvgIpc) is 2.38. The Bertz CT molecular complexity index is 350. The number of aromatic nitrogens is 2. The molecule has 1 fully saturated rings. The van der Waals surface area contributed by atoms with Crippen molar-refractivity contribution < 1.29 is 0 Å². The van der Waals surface area contributed by atoms with Gasteiger partial charge in [0.2, 0.25) is 0 Å².